The smallest absolute Gasteiger partial charge is 0.0595 e. The minimum absolute atomic E-state index is 0.137. The monoisotopic (exact) mass is 219 g/mol. The van der Waals surface area contributed by atoms with Gasteiger partial charge in [0.15, 0.2) is 0 Å². The number of piperidine rings is 1. The Bertz CT molecular complexity index is 342. The standard InChI is InChI=1S/C14H21NO/c1-10-5-11(2)7-12(6-10)8-13-9-15-4-3-14(13)16/h5-7,13-16H,3-4,8-9H2,1-2H3. The summed E-state index contributed by atoms with van der Waals surface area (Å²) in [5, 5.41) is 13.3. The lowest BCUT2D eigenvalue weighted by atomic mass is 9.89. The van der Waals surface area contributed by atoms with E-state index in [9.17, 15) is 5.11 Å². The minimum atomic E-state index is -0.137. The second-order valence-electron chi connectivity index (χ2n) is 5.02. The summed E-state index contributed by atoms with van der Waals surface area (Å²) >= 11 is 0. The van der Waals surface area contributed by atoms with Crippen molar-refractivity contribution in [3.63, 3.8) is 0 Å². The lowest BCUT2D eigenvalue weighted by Crippen LogP contribution is -2.40. The lowest BCUT2D eigenvalue weighted by molar-refractivity contribution is 0.0791. The third kappa shape index (κ3) is 2.83. The van der Waals surface area contributed by atoms with Crippen LogP contribution in [0, 0.1) is 19.8 Å². The van der Waals surface area contributed by atoms with Crippen LogP contribution >= 0.6 is 0 Å². The number of aliphatic hydroxyl groups is 1. The Labute approximate surface area is 97.7 Å². The molecule has 2 atom stereocenters. The van der Waals surface area contributed by atoms with Crippen molar-refractivity contribution in [3.8, 4) is 0 Å². The van der Waals surface area contributed by atoms with E-state index in [0.29, 0.717) is 5.92 Å². The Morgan fingerprint density at radius 2 is 1.94 bits per heavy atom. The topological polar surface area (TPSA) is 32.3 Å². The molecule has 1 heterocycles. The summed E-state index contributed by atoms with van der Waals surface area (Å²) < 4.78 is 0. The van der Waals surface area contributed by atoms with Gasteiger partial charge in [-0.05, 0) is 38.8 Å². The molecule has 2 nitrogen and oxygen atoms in total. The van der Waals surface area contributed by atoms with Crippen molar-refractivity contribution in [1.82, 2.24) is 5.32 Å². The van der Waals surface area contributed by atoms with Crippen LogP contribution in [0.3, 0.4) is 0 Å². The van der Waals surface area contributed by atoms with E-state index in [4.69, 9.17) is 0 Å². The van der Waals surface area contributed by atoms with E-state index in [-0.39, 0.29) is 6.10 Å². The Morgan fingerprint density at radius 1 is 1.25 bits per heavy atom. The zero-order valence-corrected chi connectivity index (χ0v) is 10.2. The minimum Gasteiger partial charge on any atom is -0.393 e. The van der Waals surface area contributed by atoms with Gasteiger partial charge in [0.05, 0.1) is 6.10 Å². The van der Waals surface area contributed by atoms with Gasteiger partial charge in [-0.2, -0.15) is 0 Å². The van der Waals surface area contributed by atoms with Crippen molar-refractivity contribution in [2.75, 3.05) is 13.1 Å². The second-order valence-corrected chi connectivity index (χ2v) is 5.02. The molecule has 1 aliphatic heterocycles. The number of rotatable bonds is 2. The molecule has 1 aliphatic rings. The van der Waals surface area contributed by atoms with Gasteiger partial charge in [0.2, 0.25) is 0 Å². The van der Waals surface area contributed by atoms with Crippen molar-refractivity contribution in [3.05, 3.63) is 34.9 Å². The summed E-state index contributed by atoms with van der Waals surface area (Å²) in [6.45, 7) is 6.15. The maximum absolute atomic E-state index is 9.93. The molecule has 2 unspecified atom stereocenters. The molecule has 1 aromatic rings. The van der Waals surface area contributed by atoms with Crippen molar-refractivity contribution in [1.29, 1.82) is 0 Å². The van der Waals surface area contributed by atoms with Gasteiger partial charge in [-0.15, -0.1) is 0 Å². The molecule has 0 aliphatic carbocycles. The summed E-state index contributed by atoms with van der Waals surface area (Å²) in [4.78, 5) is 0. The maximum Gasteiger partial charge on any atom is 0.0595 e. The van der Waals surface area contributed by atoms with Gasteiger partial charge in [-0.3, -0.25) is 0 Å². The number of benzene rings is 1. The highest BCUT2D eigenvalue weighted by atomic mass is 16.3. The maximum atomic E-state index is 9.93. The highest BCUT2D eigenvalue weighted by Crippen LogP contribution is 2.19. The summed E-state index contributed by atoms with van der Waals surface area (Å²) in [6.07, 6.45) is 1.73. The predicted molar refractivity (Wildman–Crippen MR) is 66.6 cm³/mol. The quantitative estimate of drug-likeness (QED) is 0.795. The molecular formula is C14H21NO. The lowest BCUT2D eigenvalue weighted by Gasteiger charge is -2.28. The first-order valence-corrected chi connectivity index (χ1v) is 6.11. The van der Waals surface area contributed by atoms with E-state index in [1.54, 1.807) is 0 Å². The van der Waals surface area contributed by atoms with Crippen molar-refractivity contribution in [2.45, 2.75) is 32.8 Å². The van der Waals surface area contributed by atoms with Crippen molar-refractivity contribution >= 4 is 0 Å². The average molecular weight is 219 g/mol. The fourth-order valence-corrected chi connectivity index (χ4v) is 2.61. The molecule has 0 radical (unpaired) electrons. The third-order valence-electron chi connectivity index (χ3n) is 3.35. The molecule has 16 heavy (non-hydrogen) atoms. The number of aryl methyl sites for hydroxylation is 2. The van der Waals surface area contributed by atoms with Crippen LogP contribution in [0.4, 0.5) is 0 Å². The highest BCUT2D eigenvalue weighted by molar-refractivity contribution is 5.29. The van der Waals surface area contributed by atoms with Crippen molar-refractivity contribution < 1.29 is 5.11 Å². The van der Waals surface area contributed by atoms with Crippen LogP contribution in [-0.2, 0) is 6.42 Å². The normalized spacial score (nSPS) is 25.7. The molecule has 0 amide bonds. The average Bonchev–Trinajstić information content (AvgIpc) is 2.20. The second kappa shape index (κ2) is 4.98. The number of aliphatic hydroxyl groups excluding tert-OH is 1. The largest absolute Gasteiger partial charge is 0.393 e. The van der Waals surface area contributed by atoms with Gasteiger partial charge in [0.25, 0.3) is 0 Å². The van der Waals surface area contributed by atoms with Gasteiger partial charge in [0, 0.05) is 12.5 Å². The first-order chi connectivity index (χ1) is 7.65. The van der Waals surface area contributed by atoms with Crippen LogP contribution in [0.2, 0.25) is 0 Å². The van der Waals surface area contributed by atoms with Gasteiger partial charge < -0.3 is 10.4 Å². The van der Waals surface area contributed by atoms with Crippen LogP contribution in [0.25, 0.3) is 0 Å². The van der Waals surface area contributed by atoms with Gasteiger partial charge in [0.1, 0.15) is 0 Å². The summed E-state index contributed by atoms with van der Waals surface area (Å²) in [7, 11) is 0. The molecule has 0 aromatic heterocycles. The predicted octanol–water partition coefficient (Wildman–Crippen LogP) is 1.82. The Morgan fingerprint density at radius 3 is 2.56 bits per heavy atom. The van der Waals surface area contributed by atoms with Crippen LogP contribution < -0.4 is 5.32 Å². The first-order valence-electron chi connectivity index (χ1n) is 6.11. The fraction of sp³-hybridized carbons (Fsp3) is 0.571. The zero-order valence-electron chi connectivity index (χ0n) is 10.2. The Balaban J connectivity index is 2.07. The molecule has 2 heteroatoms. The SMILES string of the molecule is Cc1cc(C)cc(CC2CNCCC2O)c1. The summed E-state index contributed by atoms with van der Waals surface area (Å²) in [6, 6.07) is 6.65. The molecule has 1 aromatic carbocycles. The van der Waals surface area contributed by atoms with Crippen molar-refractivity contribution in [2.24, 2.45) is 5.92 Å². The molecular weight excluding hydrogens is 198 g/mol. The molecule has 1 saturated heterocycles. The highest BCUT2D eigenvalue weighted by Gasteiger charge is 2.22. The van der Waals surface area contributed by atoms with Gasteiger partial charge >= 0.3 is 0 Å². The molecule has 0 bridgehead atoms. The molecule has 0 spiro atoms. The number of nitrogens with one attached hydrogen (secondary N) is 1. The van der Waals surface area contributed by atoms with Crippen LogP contribution in [0.1, 0.15) is 23.1 Å². The summed E-state index contributed by atoms with van der Waals surface area (Å²) in [5.41, 5.74) is 3.98. The zero-order chi connectivity index (χ0) is 11.5. The van der Waals surface area contributed by atoms with E-state index >= 15 is 0 Å². The molecule has 1 fully saturated rings. The Kier molecular flexibility index (Phi) is 3.62. The third-order valence-corrected chi connectivity index (χ3v) is 3.35. The molecule has 2 N–H and O–H groups in total. The first kappa shape index (κ1) is 11.6. The van der Waals surface area contributed by atoms with Crippen LogP contribution in [0.15, 0.2) is 18.2 Å². The molecule has 0 saturated carbocycles. The number of hydrogen-bond acceptors (Lipinski definition) is 2. The summed E-state index contributed by atoms with van der Waals surface area (Å²) in [5.74, 6) is 0.370. The van der Waals surface area contributed by atoms with Gasteiger partial charge in [-0.25, -0.2) is 0 Å². The van der Waals surface area contributed by atoms with Gasteiger partial charge in [-0.1, -0.05) is 29.3 Å². The molecule has 88 valence electrons. The number of hydrogen-bond donors (Lipinski definition) is 2. The van der Waals surface area contributed by atoms with Crippen LogP contribution in [0.5, 0.6) is 0 Å². The van der Waals surface area contributed by atoms with E-state index in [0.717, 1.165) is 25.9 Å². The van der Waals surface area contributed by atoms with E-state index in [1.165, 1.54) is 16.7 Å². The van der Waals surface area contributed by atoms with E-state index in [2.05, 4.69) is 37.4 Å². The molecule has 2 rings (SSSR count). The fourth-order valence-electron chi connectivity index (χ4n) is 2.61. The Hall–Kier alpha value is -0.860. The van der Waals surface area contributed by atoms with E-state index < -0.39 is 0 Å². The van der Waals surface area contributed by atoms with Crippen LogP contribution in [-0.4, -0.2) is 24.3 Å². The van der Waals surface area contributed by atoms with E-state index in [1.807, 2.05) is 0 Å².